The lowest BCUT2D eigenvalue weighted by molar-refractivity contribution is 0.160. The van der Waals surface area contributed by atoms with Crippen molar-refractivity contribution < 1.29 is 5.11 Å². The molecule has 0 aromatic heterocycles. The quantitative estimate of drug-likeness (QED) is 0.702. The van der Waals surface area contributed by atoms with Gasteiger partial charge in [-0.15, -0.1) is 0 Å². The number of hydrogen-bond donors (Lipinski definition) is 2. The van der Waals surface area contributed by atoms with Crippen LogP contribution in [0.3, 0.4) is 0 Å². The molecule has 0 amide bonds. The molecule has 2 N–H and O–H groups in total. The number of rotatable bonds is 8. The van der Waals surface area contributed by atoms with Gasteiger partial charge in [-0.05, 0) is 55.9 Å². The van der Waals surface area contributed by atoms with Crippen LogP contribution in [0.2, 0.25) is 0 Å². The van der Waals surface area contributed by atoms with Gasteiger partial charge in [0.1, 0.15) is 0 Å². The molecular formula is C17H35NO. The van der Waals surface area contributed by atoms with Crippen molar-refractivity contribution in [3.63, 3.8) is 0 Å². The van der Waals surface area contributed by atoms with E-state index in [4.69, 9.17) is 5.11 Å². The van der Waals surface area contributed by atoms with Gasteiger partial charge in [0.2, 0.25) is 0 Å². The summed E-state index contributed by atoms with van der Waals surface area (Å²) < 4.78 is 0. The number of nitrogens with one attached hydrogen (secondary N) is 1. The van der Waals surface area contributed by atoms with Crippen molar-refractivity contribution in [1.29, 1.82) is 0 Å². The molecule has 1 aliphatic carbocycles. The summed E-state index contributed by atoms with van der Waals surface area (Å²) in [4.78, 5) is 0. The molecule has 0 saturated heterocycles. The zero-order valence-electron chi connectivity index (χ0n) is 13.5. The monoisotopic (exact) mass is 269 g/mol. The van der Waals surface area contributed by atoms with E-state index in [9.17, 15) is 0 Å². The van der Waals surface area contributed by atoms with E-state index < -0.39 is 0 Å². The molecule has 1 rings (SSSR count). The largest absolute Gasteiger partial charge is 0.396 e. The number of aliphatic hydroxyl groups is 1. The maximum absolute atomic E-state index is 9.15. The van der Waals surface area contributed by atoms with Gasteiger partial charge in [0.05, 0.1) is 0 Å². The van der Waals surface area contributed by atoms with Crippen LogP contribution in [0.5, 0.6) is 0 Å². The topological polar surface area (TPSA) is 32.3 Å². The van der Waals surface area contributed by atoms with Gasteiger partial charge in [-0.2, -0.15) is 0 Å². The maximum Gasteiger partial charge on any atom is 0.0434 e. The molecule has 1 aliphatic rings. The van der Waals surface area contributed by atoms with Crippen LogP contribution in [0.1, 0.15) is 66.2 Å². The highest BCUT2D eigenvalue weighted by molar-refractivity contribution is 4.86. The smallest absolute Gasteiger partial charge is 0.0434 e. The fourth-order valence-electron chi connectivity index (χ4n) is 3.69. The minimum atomic E-state index is 0.334. The molecule has 0 aromatic carbocycles. The molecule has 114 valence electrons. The normalized spacial score (nSPS) is 29.7. The Bertz CT molecular complexity index is 223. The summed E-state index contributed by atoms with van der Waals surface area (Å²) in [6.45, 7) is 10.8. The van der Waals surface area contributed by atoms with E-state index in [2.05, 4.69) is 33.0 Å². The van der Waals surface area contributed by atoms with Crippen LogP contribution < -0.4 is 5.32 Å². The van der Waals surface area contributed by atoms with Crippen molar-refractivity contribution in [1.82, 2.24) is 5.32 Å². The second-order valence-electron chi connectivity index (χ2n) is 7.01. The second kappa shape index (κ2) is 8.97. The Kier molecular flexibility index (Phi) is 8.01. The van der Waals surface area contributed by atoms with Crippen LogP contribution in [0.15, 0.2) is 0 Å². The summed E-state index contributed by atoms with van der Waals surface area (Å²) in [6.07, 6.45) is 7.53. The van der Waals surface area contributed by atoms with Gasteiger partial charge in [-0.25, -0.2) is 0 Å². The van der Waals surface area contributed by atoms with Gasteiger partial charge >= 0.3 is 0 Å². The molecule has 2 nitrogen and oxygen atoms in total. The molecule has 4 unspecified atom stereocenters. The third-order valence-corrected chi connectivity index (χ3v) is 4.93. The lowest BCUT2D eigenvalue weighted by Gasteiger charge is -2.38. The van der Waals surface area contributed by atoms with Gasteiger partial charge in [-0.3, -0.25) is 0 Å². The second-order valence-corrected chi connectivity index (χ2v) is 7.01. The standard InChI is InChI=1S/C17H35NO/c1-5-6-15(9-10-19)12-18-17-11-14(4)7-8-16(17)13(2)3/h13-19H,5-12H2,1-4H3. The lowest BCUT2D eigenvalue weighted by atomic mass is 9.74. The minimum Gasteiger partial charge on any atom is -0.396 e. The van der Waals surface area contributed by atoms with Gasteiger partial charge in [0.25, 0.3) is 0 Å². The van der Waals surface area contributed by atoms with E-state index in [1.165, 1.54) is 32.1 Å². The Morgan fingerprint density at radius 1 is 1.21 bits per heavy atom. The van der Waals surface area contributed by atoms with E-state index in [-0.39, 0.29) is 0 Å². The molecule has 0 aromatic rings. The predicted octanol–water partition coefficient (Wildman–Crippen LogP) is 3.84. The van der Waals surface area contributed by atoms with Crippen LogP contribution in [0.4, 0.5) is 0 Å². The molecule has 0 bridgehead atoms. The van der Waals surface area contributed by atoms with E-state index in [0.29, 0.717) is 18.6 Å². The summed E-state index contributed by atoms with van der Waals surface area (Å²) >= 11 is 0. The minimum absolute atomic E-state index is 0.334. The summed E-state index contributed by atoms with van der Waals surface area (Å²) in [5, 5.41) is 13.0. The first kappa shape index (κ1) is 17.0. The summed E-state index contributed by atoms with van der Waals surface area (Å²) in [5.74, 6) is 3.15. The molecule has 0 radical (unpaired) electrons. The van der Waals surface area contributed by atoms with Crippen molar-refractivity contribution in [2.75, 3.05) is 13.2 Å². The lowest BCUT2D eigenvalue weighted by Crippen LogP contribution is -2.44. The fourth-order valence-corrected chi connectivity index (χ4v) is 3.69. The first-order chi connectivity index (χ1) is 9.08. The fraction of sp³-hybridized carbons (Fsp3) is 1.00. The van der Waals surface area contributed by atoms with E-state index in [0.717, 1.165) is 30.7 Å². The molecule has 19 heavy (non-hydrogen) atoms. The Balaban J connectivity index is 2.46. The van der Waals surface area contributed by atoms with Crippen LogP contribution in [-0.2, 0) is 0 Å². The van der Waals surface area contributed by atoms with Crippen LogP contribution >= 0.6 is 0 Å². The molecule has 1 fully saturated rings. The Morgan fingerprint density at radius 2 is 1.95 bits per heavy atom. The van der Waals surface area contributed by atoms with Crippen molar-refractivity contribution in [2.45, 2.75) is 72.3 Å². The van der Waals surface area contributed by atoms with E-state index in [1.54, 1.807) is 0 Å². The highest BCUT2D eigenvalue weighted by Crippen LogP contribution is 2.33. The van der Waals surface area contributed by atoms with Gasteiger partial charge < -0.3 is 10.4 Å². The average Bonchev–Trinajstić information content (AvgIpc) is 2.36. The SMILES string of the molecule is CCCC(CCO)CNC1CC(C)CCC1C(C)C. The molecule has 2 heteroatoms. The van der Waals surface area contributed by atoms with Crippen molar-refractivity contribution in [3.05, 3.63) is 0 Å². The molecule has 0 aliphatic heterocycles. The summed E-state index contributed by atoms with van der Waals surface area (Å²) in [7, 11) is 0. The summed E-state index contributed by atoms with van der Waals surface area (Å²) in [6, 6.07) is 0.696. The third-order valence-electron chi connectivity index (χ3n) is 4.93. The van der Waals surface area contributed by atoms with E-state index in [1.807, 2.05) is 0 Å². The van der Waals surface area contributed by atoms with Gasteiger partial charge in [0.15, 0.2) is 0 Å². The first-order valence-corrected chi connectivity index (χ1v) is 8.42. The average molecular weight is 269 g/mol. The highest BCUT2D eigenvalue weighted by atomic mass is 16.3. The zero-order chi connectivity index (χ0) is 14.3. The Morgan fingerprint density at radius 3 is 2.53 bits per heavy atom. The third kappa shape index (κ3) is 5.83. The zero-order valence-corrected chi connectivity index (χ0v) is 13.5. The van der Waals surface area contributed by atoms with Crippen molar-refractivity contribution >= 4 is 0 Å². The Labute approximate surface area is 120 Å². The molecule has 1 saturated carbocycles. The van der Waals surface area contributed by atoms with E-state index >= 15 is 0 Å². The highest BCUT2D eigenvalue weighted by Gasteiger charge is 2.30. The molecular weight excluding hydrogens is 234 g/mol. The maximum atomic E-state index is 9.15. The first-order valence-electron chi connectivity index (χ1n) is 8.42. The number of hydrogen-bond acceptors (Lipinski definition) is 2. The Hall–Kier alpha value is -0.0800. The van der Waals surface area contributed by atoms with Crippen LogP contribution in [-0.4, -0.2) is 24.3 Å². The predicted molar refractivity (Wildman–Crippen MR) is 83.2 cm³/mol. The van der Waals surface area contributed by atoms with Gasteiger partial charge in [0, 0.05) is 12.6 Å². The number of aliphatic hydroxyl groups excluding tert-OH is 1. The molecule has 0 heterocycles. The van der Waals surface area contributed by atoms with Crippen molar-refractivity contribution in [3.8, 4) is 0 Å². The molecule has 0 spiro atoms. The van der Waals surface area contributed by atoms with Gasteiger partial charge in [-0.1, -0.05) is 40.5 Å². The summed E-state index contributed by atoms with van der Waals surface area (Å²) in [5.41, 5.74) is 0. The molecule has 4 atom stereocenters. The van der Waals surface area contributed by atoms with Crippen LogP contribution in [0, 0.1) is 23.7 Å². The van der Waals surface area contributed by atoms with Crippen molar-refractivity contribution in [2.24, 2.45) is 23.7 Å². The van der Waals surface area contributed by atoms with Crippen LogP contribution in [0.25, 0.3) is 0 Å².